The van der Waals surface area contributed by atoms with E-state index in [1.165, 1.54) is 10.4 Å². The monoisotopic (exact) mass is 340 g/mol. The Bertz CT molecular complexity index is 524. The van der Waals surface area contributed by atoms with Crippen molar-refractivity contribution in [1.82, 2.24) is 10.6 Å². The van der Waals surface area contributed by atoms with Crippen LogP contribution in [0.5, 0.6) is 0 Å². The number of thiophene rings is 1. The van der Waals surface area contributed by atoms with Gasteiger partial charge in [0, 0.05) is 18.0 Å². The van der Waals surface area contributed by atoms with E-state index in [4.69, 9.17) is 9.47 Å². The molecule has 1 aliphatic carbocycles. The number of rotatable bonds is 6. The zero-order valence-electron chi connectivity index (χ0n) is 14.6. The van der Waals surface area contributed by atoms with E-state index in [1.807, 2.05) is 27.7 Å². The van der Waals surface area contributed by atoms with Gasteiger partial charge in [0.2, 0.25) is 0 Å². The smallest absolute Gasteiger partial charge is 0.407 e. The molecular weight excluding hydrogens is 312 g/mol. The number of hydrogen-bond donors (Lipinski definition) is 2. The molecule has 0 bridgehead atoms. The molecule has 23 heavy (non-hydrogen) atoms. The van der Waals surface area contributed by atoms with Crippen LogP contribution in [0.15, 0.2) is 11.4 Å². The van der Waals surface area contributed by atoms with Crippen molar-refractivity contribution in [3.8, 4) is 0 Å². The van der Waals surface area contributed by atoms with E-state index in [1.54, 1.807) is 11.3 Å². The number of nitrogens with one attached hydrogen (secondary N) is 2. The molecule has 5 nitrogen and oxygen atoms in total. The van der Waals surface area contributed by atoms with E-state index in [0.29, 0.717) is 6.61 Å². The Morgan fingerprint density at radius 2 is 2.17 bits per heavy atom. The average molecular weight is 340 g/mol. The first-order valence-electron chi connectivity index (χ1n) is 8.17. The maximum absolute atomic E-state index is 12.0. The van der Waals surface area contributed by atoms with Crippen LogP contribution in [0.1, 0.15) is 44.6 Å². The van der Waals surface area contributed by atoms with Gasteiger partial charge in [0.15, 0.2) is 0 Å². The fraction of sp³-hybridized carbons (Fsp3) is 0.706. The lowest BCUT2D eigenvalue weighted by Gasteiger charge is -2.45. The van der Waals surface area contributed by atoms with Crippen LogP contribution in [0.4, 0.5) is 4.79 Å². The number of carbonyl (C=O) groups excluding carboxylic acids is 1. The molecular formula is C17H28N2O3S. The van der Waals surface area contributed by atoms with Crippen molar-refractivity contribution < 1.29 is 14.3 Å². The van der Waals surface area contributed by atoms with E-state index in [9.17, 15) is 4.79 Å². The predicted molar refractivity (Wildman–Crippen MR) is 92.9 cm³/mol. The van der Waals surface area contributed by atoms with Gasteiger partial charge in [0.25, 0.3) is 0 Å². The minimum atomic E-state index is -0.482. The molecule has 6 heteroatoms. The van der Waals surface area contributed by atoms with Crippen LogP contribution >= 0.6 is 11.3 Å². The zero-order valence-corrected chi connectivity index (χ0v) is 15.5. The van der Waals surface area contributed by atoms with Crippen LogP contribution in [0.3, 0.4) is 0 Å². The number of aryl methyl sites for hydroxylation is 1. The fourth-order valence-electron chi connectivity index (χ4n) is 2.67. The molecule has 0 spiro atoms. The summed E-state index contributed by atoms with van der Waals surface area (Å²) in [5.41, 5.74) is 0.816. The summed E-state index contributed by atoms with van der Waals surface area (Å²) in [5.74, 6) is 0. The maximum Gasteiger partial charge on any atom is 0.407 e. The van der Waals surface area contributed by atoms with Crippen molar-refractivity contribution in [1.29, 1.82) is 0 Å². The number of carbonyl (C=O) groups is 1. The van der Waals surface area contributed by atoms with Crippen molar-refractivity contribution in [3.63, 3.8) is 0 Å². The van der Waals surface area contributed by atoms with Gasteiger partial charge >= 0.3 is 6.09 Å². The van der Waals surface area contributed by atoms with Gasteiger partial charge < -0.3 is 20.1 Å². The van der Waals surface area contributed by atoms with E-state index < -0.39 is 5.60 Å². The second-order valence-electron chi connectivity index (χ2n) is 6.92. The highest BCUT2D eigenvalue weighted by atomic mass is 32.1. The molecule has 3 atom stereocenters. The van der Waals surface area contributed by atoms with Crippen molar-refractivity contribution in [2.45, 2.75) is 71.4 Å². The third-order valence-electron chi connectivity index (χ3n) is 3.87. The lowest BCUT2D eigenvalue weighted by Crippen LogP contribution is -2.66. The summed E-state index contributed by atoms with van der Waals surface area (Å²) in [4.78, 5) is 13.3. The largest absolute Gasteiger partial charge is 0.444 e. The molecule has 130 valence electrons. The summed E-state index contributed by atoms with van der Waals surface area (Å²) in [5, 5.41) is 8.59. The average Bonchev–Trinajstić information content (AvgIpc) is 2.81. The SMILES string of the molecule is CCOC1CC(NC(=O)OC(C)(C)C)C1NCc1sccc1C. The highest BCUT2D eigenvalue weighted by molar-refractivity contribution is 7.10. The molecule has 2 rings (SSSR count). The first-order valence-corrected chi connectivity index (χ1v) is 9.05. The van der Waals surface area contributed by atoms with Crippen LogP contribution in [-0.4, -0.2) is 36.5 Å². The molecule has 1 amide bonds. The van der Waals surface area contributed by atoms with Crippen molar-refractivity contribution in [3.05, 3.63) is 21.9 Å². The van der Waals surface area contributed by atoms with Crippen molar-refractivity contribution >= 4 is 17.4 Å². The minimum absolute atomic E-state index is 0.0432. The second kappa shape index (κ2) is 7.64. The number of ether oxygens (including phenoxy) is 2. The Labute approximate surface area is 142 Å². The Hall–Kier alpha value is -1.11. The summed E-state index contributed by atoms with van der Waals surface area (Å²) in [7, 11) is 0. The van der Waals surface area contributed by atoms with Gasteiger partial charge in [-0.2, -0.15) is 0 Å². The molecule has 0 saturated heterocycles. The molecule has 0 aromatic carbocycles. The Balaban J connectivity index is 1.89. The molecule has 1 aromatic heterocycles. The summed E-state index contributed by atoms with van der Waals surface area (Å²) < 4.78 is 11.1. The van der Waals surface area contributed by atoms with E-state index in [-0.39, 0.29) is 24.3 Å². The van der Waals surface area contributed by atoms with Crippen LogP contribution < -0.4 is 10.6 Å². The minimum Gasteiger partial charge on any atom is -0.444 e. The lowest BCUT2D eigenvalue weighted by atomic mass is 9.82. The van der Waals surface area contributed by atoms with Gasteiger partial charge in [-0.3, -0.25) is 0 Å². The maximum atomic E-state index is 12.0. The molecule has 1 aliphatic rings. The number of alkyl carbamates (subject to hydrolysis) is 1. The van der Waals surface area contributed by atoms with Crippen LogP contribution in [-0.2, 0) is 16.0 Å². The van der Waals surface area contributed by atoms with E-state index >= 15 is 0 Å². The topological polar surface area (TPSA) is 59.6 Å². The summed E-state index contributed by atoms with van der Waals surface area (Å²) in [6.45, 7) is 11.2. The van der Waals surface area contributed by atoms with E-state index in [2.05, 4.69) is 29.0 Å². The Kier molecular flexibility index (Phi) is 6.06. The van der Waals surface area contributed by atoms with E-state index in [0.717, 1.165) is 13.0 Å². The standard InChI is InChI=1S/C17H28N2O3S/c1-6-21-13-9-12(19-16(20)22-17(3,4)5)15(13)18-10-14-11(2)7-8-23-14/h7-8,12-13,15,18H,6,9-10H2,1-5H3,(H,19,20). The zero-order chi connectivity index (χ0) is 17.0. The van der Waals surface area contributed by atoms with Gasteiger partial charge in [-0.25, -0.2) is 4.79 Å². The quantitative estimate of drug-likeness (QED) is 0.835. The normalized spacial score (nSPS) is 24.1. The third-order valence-corrected chi connectivity index (χ3v) is 4.89. The molecule has 1 saturated carbocycles. The lowest BCUT2D eigenvalue weighted by molar-refractivity contribution is -0.0437. The molecule has 3 unspecified atom stereocenters. The fourth-order valence-corrected chi connectivity index (χ4v) is 3.53. The Morgan fingerprint density at radius 1 is 1.43 bits per heavy atom. The van der Waals surface area contributed by atoms with Gasteiger partial charge in [-0.1, -0.05) is 0 Å². The van der Waals surface area contributed by atoms with Gasteiger partial charge in [0.1, 0.15) is 5.60 Å². The summed E-state index contributed by atoms with van der Waals surface area (Å²) in [6.07, 6.45) is 0.588. The van der Waals surface area contributed by atoms with Gasteiger partial charge in [-0.15, -0.1) is 11.3 Å². The molecule has 1 aromatic rings. The summed E-state index contributed by atoms with van der Waals surface area (Å²) in [6, 6.07) is 2.28. The highest BCUT2D eigenvalue weighted by Crippen LogP contribution is 2.26. The molecule has 0 aliphatic heterocycles. The molecule has 1 heterocycles. The van der Waals surface area contributed by atoms with Gasteiger partial charge in [-0.05, 0) is 58.0 Å². The first kappa shape index (κ1) is 18.2. The highest BCUT2D eigenvalue weighted by Gasteiger charge is 2.42. The summed E-state index contributed by atoms with van der Waals surface area (Å²) >= 11 is 1.75. The van der Waals surface area contributed by atoms with Crippen LogP contribution in [0, 0.1) is 6.92 Å². The molecule has 1 fully saturated rings. The first-order chi connectivity index (χ1) is 10.8. The predicted octanol–water partition coefficient (Wildman–Crippen LogP) is 3.22. The Morgan fingerprint density at radius 3 is 2.74 bits per heavy atom. The van der Waals surface area contributed by atoms with Crippen LogP contribution in [0.2, 0.25) is 0 Å². The second-order valence-corrected chi connectivity index (χ2v) is 7.92. The van der Waals surface area contributed by atoms with Gasteiger partial charge in [0.05, 0.1) is 18.2 Å². The molecule has 2 N–H and O–H groups in total. The number of amides is 1. The number of hydrogen-bond acceptors (Lipinski definition) is 5. The third kappa shape index (κ3) is 5.19. The molecule has 0 radical (unpaired) electrons. The van der Waals surface area contributed by atoms with Crippen molar-refractivity contribution in [2.75, 3.05) is 6.61 Å². The van der Waals surface area contributed by atoms with Crippen molar-refractivity contribution in [2.24, 2.45) is 0 Å². The van der Waals surface area contributed by atoms with Crippen LogP contribution in [0.25, 0.3) is 0 Å².